The van der Waals surface area contributed by atoms with Crippen LogP contribution in [0.25, 0.3) is 0 Å². The van der Waals surface area contributed by atoms with Crippen LogP contribution in [0.1, 0.15) is 29.5 Å². The van der Waals surface area contributed by atoms with E-state index >= 15 is 0 Å². The quantitative estimate of drug-likeness (QED) is 0.268. The minimum Gasteiger partial charge on any atom is -0.459 e. The first-order valence-electron chi connectivity index (χ1n) is 11.0. The minimum absolute atomic E-state index is 0.0924. The van der Waals surface area contributed by atoms with Gasteiger partial charge in [0.25, 0.3) is 0 Å². The van der Waals surface area contributed by atoms with E-state index in [9.17, 15) is 4.79 Å². The van der Waals surface area contributed by atoms with E-state index in [1.54, 1.807) is 0 Å². The third kappa shape index (κ3) is 4.01. The van der Waals surface area contributed by atoms with Crippen molar-refractivity contribution in [1.29, 1.82) is 0 Å². The van der Waals surface area contributed by atoms with Crippen LogP contribution in [0, 0.1) is 0 Å². The second-order valence-electron chi connectivity index (χ2n) is 8.30. The summed E-state index contributed by atoms with van der Waals surface area (Å²) in [5, 5.41) is 0. The molecule has 4 nitrogen and oxygen atoms in total. The molecule has 0 bridgehead atoms. The minimum atomic E-state index is -0.782. The molecule has 2 heterocycles. The summed E-state index contributed by atoms with van der Waals surface area (Å²) in [5.41, 5.74) is 2.38. The molecule has 0 radical (unpaired) electrons. The fraction of sp³-hybridized carbons (Fsp3) is 0.296. The Labute approximate surface area is 196 Å². The molecule has 0 spiro atoms. The van der Waals surface area contributed by atoms with Gasteiger partial charge < -0.3 is 14.2 Å². The number of hydrogen-bond acceptors (Lipinski definition) is 4. The van der Waals surface area contributed by atoms with Gasteiger partial charge in [0, 0.05) is 12.8 Å². The first kappa shape index (κ1) is 21.4. The van der Waals surface area contributed by atoms with Gasteiger partial charge in [-0.2, -0.15) is 0 Å². The second-order valence-corrected chi connectivity index (χ2v) is 9.41. The average molecular weight is 493 g/mol. The lowest BCUT2D eigenvalue weighted by molar-refractivity contribution is -0.158. The van der Waals surface area contributed by atoms with Gasteiger partial charge in [-0.05, 0) is 16.7 Å². The maximum Gasteiger partial charge on any atom is 0.320 e. The van der Waals surface area contributed by atoms with Gasteiger partial charge in [0.1, 0.15) is 16.5 Å². The van der Waals surface area contributed by atoms with Crippen LogP contribution < -0.4 is 0 Å². The first-order chi connectivity index (χ1) is 15.7. The number of rotatable bonds is 6. The van der Waals surface area contributed by atoms with Crippen LogP contribution in [0.15, 0.2) is 91.0 Å². The van der Waals surface area contributed by atoms with Gasteiger partial charge in [0.15, 0.2) is 0 Å². The van der Waals surface area contributed by atoms with Crippen LogP contribution >= 0.6 is 15.9 Å². The maximum atomic E-state index is 12.0. The number of halogens is 1. The molecule has 5 heteroatoms. The molecule has 0 N–H and O–H groups in total. The highest BCUT2D eigenvalue weighted by molar-refractivity contribution is 9.10. The lowest BCUT2D eigenvalue weighted by atomic mass is 9.80. The first-order valence-corrected chi connectivity index (χ1v) is 11.9. The maximum absolute atomic E-state index is 12.0. The van der Waals surface area contributed by atoms with Gasteiger partial charge >= 0.3 is 5.97 Å². The molecule has 5 rings (SSSR count). The SMILES string of the molecule is O=C1O[C@H]2C[C@@H](COC(c3ccccc3)(c3ccccc3)c3ccccc3)O[C@H]2C[C@@H]1Br. The molecule has 0 aliphatic carbocycles. The monoisotopic (exact) mass is 492 g/mol. The van der Waals surface area contributed by atoms with E-state index in [1.807, 2.05) is 54.6 Å². The van der Waals surface area contributed by atoms with E-state index < -0.39 is 5.60 Å². The van der Waals surface area contributed by atoms with Gasteiger partial charge in [-0.3, -0.25) is 4.79 Å². The predicted molar refractivity (Wildman–Crippen MR) is 126 cm³/mol. The number of carbonyl (C=O) groups excluding carboxylic acids is 1. The number of fused-ring (bicyclic) bond motifs is 1. The Morgan fingerprint density at radius 3 is 1.78 bits per heavy atom. The summed E-state index contributed by atoms with van der Waals surface area (Å²) < 4.78 is 18.7. The van der Waals surface area contributed by atoms with Crippen molar-refractivity contribution in [2.24, 2.45) is 0 Å². The summed E-state index contributed by atoms with van der Waals surface area (Å²) in [4.78, 5) is 11.7. The third-order valence-corrected chi connectivity index (χ3v) is 7.01. The van der Waals surface area contributed by atoms with Crippen molar-refractivity contribution in [3.8, 4) is 0 Å². The summed E-state index contributed by atoms with van der Waals surface area (Å²) in [5.74, 6) is -0.205. The predicted octanol–water partition coefficient (Wildman–Crippen LogP) is 5.23. The van der Waals surface area contributed by atoms with Gasteiger partial charge in [0.2, 0.25) is 0 Å². The second kappa shape index (κ2) is 9.18. The van der Waals surface area contributed by atoms with Gasteiger partial charge in [-0.15, -0.1) is 0 Å². The number of ether oxygens (including phenoxy) is 3. The highest BCUT2D eigenvalue weighted by atomic mass is 79.9. The van der Waals surface area contributed by atoms with E-state index in [1.165, 1.54) is 0 Å². The molecule has 3 aromatic carbocycles. The Morgan fingerprint density at radius 1 is 0.781 bits per heavy atom. The van der Waals surface area contributed by atoms with Crippen LogP contribution in [0.2, 0.25) is 0 Å². The normalized spacial score (nSPS) is 25.2. The van der Waals surface area contributed by atoms with E-state index in [0.29, 0.717) is 19.4 Å². The summed E-state index contributed by atoms with van der Waals surface area (Å²) in [6, 6.07) is 30.9. The molecule has 32 heavy (non-hydrogen) atoms. The van der Waals surface area contributed by atoms with Crippen molar-refractivity contribution in [1.82, 2.24) is 0 Å². The Kier molecular flexibility index (Phi) is 6.13. The Bertz CT molecular complexity index is 944. The summed E-state index contributed by atoms with van der Waals surface area (Å²) in [6.45, 7) is 0.385. The molecular weight excluding hydrogens is 468 g/mol. The molecule has 164 valence electrons. The van der Waals surface area contributed by atoms with E-state index in [0.717, 1.165) is 16.7 Å². The van der Waals surface area contributed by atoms with Crippen molar-refractivity contribution in [3.05, 3.63) is 108 Å². The lowest BCUT2D eigenvalue weighted by Gasteiger charge is -2.36. The summed E-state index contributed by atoms with van der Waals surface area (Å²) in [6.07, 6.45) is 0.826. The zero-order valence-electron chi connectivity index (χ0n) is 17.6. The van der Waals surface area contributed by atoms with Crippen molar-refractivity contribution >= 4 is 21.9 Å². The highest BCUT2D eigenvalue weighted by Gasteiger charge is 2.46. The van der Waals surface area contributed by atoms with Crippen molar-refractivity contribution in [2.75, 3.05) is 6.61 Å². The van der Waals surface area contributed by atoms with Crippen LogP contribution in [0.5, 0.6) is 0 Å². The van der Waals surface area contributed by atoms with E-state index in [-0.39, 0.29) is 29.1 Å². The summed E-state index contributed by atoms with van der Waals surface area (Å²) >= 11 is 3.39. The third-order valence-electron chi connectivity index (χ3n) is 6.27. The van der Waals surface area contributed by atoms with Crippen LogP contribution in [0.4, 0.5) is 0 Å². The largest absolute Gasteiger partial charge is 0.459 e. The smallest absolute Gasteiger partial charge is 0.320 e. The van der Waals surface area contributed by atoms with Gasteiger partial charge in [-0.1, -0.05) is 107 Å². The molecule has 2 aliphatic heterocycles. The Balaban J connectivity index is 1.49. The molecular formula is C27H25BrO4. The standard InChI is InChI=1S/C27H25BrO4/c28-23-17-25-24(32-26(23)29)16-22(31-25)18-30-27(19-10-4-1-5-11-19,20-12-6-2-7-13-20)21-14-8-3-9-15-21/h1-15,22-25H,16-18H2/t22-,23-,24-,25-/m0/s1. The summed E-state index contributed by atoms with van der Waals surface area (Å²) in [7, 11) is 0. The van der Waals surface area contributed by atoms with Crippen molar-refractivity contribution < 1.29 is 19.0 Å². The molecule has 2 aliphatic rings. The van der Waals surface area contributed by atoms with E-state index in [4.69, 9.17) is 14.2 Å². The molecule has 0 unspecified atom stereocenters. The Morgan fingerprint density at radius 2 is 1.28 bits per heavy atom. The Hall–Kier alpha value is -2.47. The molecule has 0 aromatic heterocycles. The van der Waals surface area contributed by atoms with E-state index in [2.05, 4.69) is 52.3 Å². The fourth-order valence-electron chi connectivity index (χ4n) is 4.75. The number of alkyl halides is 1. The van der Waals surface area contributed by atoms with Crippen molar-refractivity contribution in [2.45, 2.75) is 41.6 Å². The molecule has 2 saturated heterocycles. The molecule has 0 amide bonds. The van der Waals surface area contributed by atoms with Crippen molar-refractivity contribution in [3.63, 3.8) is 0 Å². The number of hydrogen-bond donors (Lipinski definition) is 0. The number of carbonyl (C=O) groups is 1. The fourth-order valence-corrected chi connectivity index (χ4v) is 5.23. The topological polar surface area (TPSA) is 44.8 Å². The van der Waals surface area contributed by atoms with Crippen LogP contribution in [0.3, 0.4) is 0 Å². The molecule has 0 saturated carbocycles. The highest BCUT2D eigenvalue weighted by Crippen LogP contribution is 2.41. The molecule has 2 fully saturated rings. The molecule has 4 atom stereocenters. The van der Waals surface area contributed by atoms with Crippen LogP contribution in [-0.4, -0.2) is 35.7 Å². The number of benzene rings is 3. The van der Waals surface area contributed by atoms with Gasteiger partial charge in [0.05, 0.1) is 18.8 Å². The average Bonchev–Trinajstić information content (AvgIpc) is 3.23. The van der Waals surface area contributed by atoms with Crippen LogP contribution in [-0.2, 0) is 24.6 Å². The molecule has 3 aromatic rings. The van der Waals surface area contributed by atoms with Gasteiger partial charge in [-0.25, -0.2) is 0 Å². The lowest BCUT2D eigenvalue weighted by Crippen LogP contribution is -2.39. The zero-order chi connectivity index (χ0) is 22.0. The number of esters is 1. The zero-order valence-corrected chi connectivity index (χ0v) is 19.2.